The van der Waals surface area contributed by atoms with Crippen LogP contribution in [0.1, 0.15) is 21.5 Å². The second kappa shape index (κ2) is 11.1. The van der Waals surface area contributed by atoms with E-state index in [2.05, 4.69) is 0 Å². The van der Waals surface area contributed by atoms with Crippen LogP contribution < -0.4 is 10.5 Å². The molecule has 0 unspecified atom stereocenters. The molecule has 0 fully saturated rings. The van der Waals surface area contributed by atoms with Crippen LogP contribution in [0.25, 0.3) is 12.2 Å². The second-order valence-electron chi connectivity index (χ2n) is 7.19. The fraction of sp³-hybridized carbons (Fsp3) is 0. The molecule has 0 heterocycles. The van der Waals surface area contributed by atoms with Gasteiger partial charge < -0.3 is 30.9 Å². The summed E-state index contributed by atoms with van der Waals surface area (Å²) >= 11 is 0. The van der Waals surface area contributed by atoms with Gasteiger partial charge in [-0.05, 0) is 59.7 Å². The summed E-state index contributed by atoms with van der Waals surface area (Å²) in [5.74, 6) is -0.115. The Morgan fingerprint density at radius 1 is 0.676 bits per heavy atom. The summed E-state index contributed by atoms with van der Waals surface area (Å²) in [5, 5.41) is 37.3. The summed E-state index contributed by atoms with van der Waals surface area (Å²) in [4.78, 5) is 11.7. The number of anilines is 1. The van der Waals surface area contributed by atoms with Gasteiger partial charge in [-0.25, -0.2) is 4.79 Å². The first-order valence-electron chi connectivity index (χ1n) is 10.2. The SMILES string of the molecule is Nc1ccc(C(=O)Oc2ccccc2)c(O)c1.Oc1ccc(C=Cc2cc(O)cc(O)c2)cc1. The molecule has 0 radical (unpaired) electrons. The largest absolute Gasteiger partial charge is 0.508 e. The first kappa shape index (κ1) is 23.7. The Bertz CT molecular complexity index is 1260. The van der Waals surface area contributed by atoms with Crippen LogP contribution in [0.2, 0.25) is 0 Å². The van der Waals surface area contributed by atoms with Gasteiger partial charge in [0.25, 0.3) is 0 Å². The molecule has 0 aliphatic rings. The maximum atomic E-state index is 11.7. The summed E-state index contributed by atoms with van der Waals surface area (Å²) < 4.78 is 5.08. The minimum absolute atomic E-state index is 0.0235. The van der Waals surface area contributed by atoms with Crippen LogP contribution in [0.5, 0.6) is 28.7 Å². The van der Waals surface area contributed by atoms with Gasteiger partial charge in [0, 0.05) is 17.8 Å². The summed E-state index contributed by atoms with van der Waals surface area (Å²) in [7, 11) is 0. The monoisotopic (exact) mass is 457 g/mol. The van der Waals surface area contributed by atoms with Gasteiger partial charge in [-0.3, -0.25) is 0 Å². The number of ether oxygens (including phenoxy) is 1. The van der Waals surface area contributed by atoms with Crippen molar-refractivity contribution in [2.75, 3.05) is 5.73 Å². The lowest BCUT2D eigenvalue weighted by Crippen LogP contribution is -2.08. The minimum Gasteiger partial charge on any atom is -0.508 e. The van der Waals surface area contributed by atoms with Gasteiger partial charge >= 0.3 is 5.97 Å². The standard InChI is InChI=1S/C14H12O3.C13H11NO3/c15-12-5-3-10(4-6-12)1-2-11-7-13(16)9-14(17)8-11;14-9-6-7-11(12(15)8-9)13(16)17-10-4-2-1-3-5-10/h1-9,15-17H;1-8,15H,14H2. The number of benzene rings is 4. The molecule has 0 spiro atoms. The van der Waals surface area contributed by atoms with Crippen molar-refractivity contribution in [1.82, 2.24) is 0 Å². The van der Waals surface area contributed by atoms with Crippen molar-refractivity contribution in [2.45, 2.75) is 0 Å². The zero-order valence-electron chi connectivity index (χ0n) is 18.0. The molecule has 0 aliphatic carbocycles. The number of carbonyl (C=O) groups excluding carboxylic acids is 1. The zero-order valence-corrected chi connectivity index (χ0v) is 18.0. The molecule has 0 saturated carbocycles. The number of hydrogen-bond donors (Lipinski definition) is 5. The number of carbonyl (C=O) groups is 1. The molecule has 7 heteroatoms. The number of phenolic OH excluding ortho intramolecular Hbond substituents is 4. The van der Waals surface area contributed by atoms with E-state index < -0.39 is 5.97 Å². The van der Waals surface area contributed by atoms with Crippen LogP contribution in [0.4, 0.5) is 5.69 Å². The zero-order chi connectivity index (χ0) is 24.5. The van der Waals surface area contributed by atoms with Gasteiger partial charge in [-0.2, -0.15) is 0 Å². The lowest BCUT2D eigenvalue weighted by Gasteiger charge is -2.06. The summed E-state index contributed by atoms with van der Waals surface area (Å²) in [6, 6.07) is 24.0. The average molecular weight is 457 g/mol. The van der Waals surface area contributed by atoms with Crippen molar-refractivity contribution in [3.8, 4) is 28.7 Å². The third kappa shape index (κ3) is 7.06. The Kier molecular flexibility index (Phi) is 7.75. The number of aromatic hydroxyl groups is 4. The van der Waals surface area contributed by atoms with Crippen LogP contribution in [0.15, 0.2) is 91.0 Å². The smallest absolute Gasteiger partial charge is 0.347 e. The topological polar surface area (TPSA) is 133 Å². The molecule has 7 nitrogen and oxygen atoms in total. The predicted molar refractivity (Wildman–Crippen MR) is 131 cm³/mol. The molecule has 0 aromatic heterocycles. The molecule has 0 bridgehead atoms. The molecule has 172 valence electrons. The number of para-hydroxylation sites is 1. The number of hydrogen-bond acceptors (Lipinski definition) is 7. The lowest BCUT2D eigenvalue weighted by atomic mass is 10.1. The summed E-state index contributed by atoms with van der Waals surface area (Å²) in [6.07, 6.45) is 3.60. The highest BCUT2D eigenvalue weighted by Crippen LogP contribution is 2.23. The Labute approximate surface area is 196 Å². The normalized spacial score (nSPS) is 10.4. The highest BCUT2D eigenvalue weighted by molar-refractivity contribution is 5.94. The van der Waals surface area contributed by atoms with Gasteiger partial charge in [0.05, 0.1) is 0 Å². The van der Waals surface area contributed by atoms with Gasteiger partial charge in [0.15, 0.2) is 0 Å². The molecule has 0 amide bonds. The van der Waals surface area contributed by atoms with Gasteiger partial charge in [-0.1, -0.05) is 42.5 Å². The van der Waals surface area contributed by atoms with Gasteiger partial charge in [0.2, 0.25) is 0 Å². The average Bonchev–Trinajstić information content (AvgIpc) is 2.79. The molecule has 4 rings (SSSR count). The van der Waals surface area contributed by atoms with E-state index in [1.807, 2.05) is 12.1 Å². The maximum Gasteiger partial charge on any atom is 0.347 e. The number of rotatable bonds is 4. The van der Waals surface area contributed by atoms with Gasteiger partial charge in [-0.15, -0.1) is 0 Å². The van der Waals surface area contributed by atoms with Crippen LogP contribution in [0.3, 0.4) is 0 Å². The van der Waals surface area contributed by atoms with E-state index >= 15 is 0 Å². The Morgan fingerprint density at radius 3 is 1.91 bits per heavy atom. The molecule has 4 aromatic rings. The van der Waals surface area contributed by atoms with Crippen molar-refractivity contribution in [3.63, 3.8) is 0 Å². The van der Waals surface area contributed by atoms with Crippen molar-refractivity contribution >= 4 is 23.8 Å². The quantitative estimate of drug-likeness (QED) is 0.124. The highest BCUT2D eigenvalue weighted by Gasteiger charge is 2.13. The van der Waals surface area contributed by atoms with Crippen molar-refractivity contribution in [1.29, 1.82) is 0 Å². The Hall–Kier alpha value is -4.91. The molecular weight excluding hydrogens is 434 g/mol. The van der Waals surface area contributed by atoms with E-state index in [9.17, 15) is 20.1 Å². The molecule has 34 heavy (non-hydrogen) atoms. The fourth-order valence-corrected chi connectivity index (χ4v) is 2.86. The van der Waals surface area contributed by atoms with E-state index in [1.54, 1.807) is 66.7 Å². The van der Waals surface area contributed by atoms with E-state index in [-0.39, 0.29) is 28.6 Å². The van der Waals surface area contributed by atoms with Crippen LogP contribution in [-0.4, -0.2) is 26.4 Å². The molecule has 0 aliphatic heterocycles. The minimum atomic E-state index is -0.617. The van der Waals surface area contributed by atoms with Gasteiger partial charge in [0.1, 0.15) is 34.3 Å². The van der Waals surface area contributed by atoms with E-state index in [1.165, 1.54) is 24.3 Å². The Morgan fingerprint density at radius 2 is 1.29 bits per heavy atom. The number of nitrogens with two attached hydrogens (primary N) is 1. The Balaban J connectivity index is 0.000000191. The molecule has 6 N–H and O–H groups in total. The lowest BCUT2D eigenvalue weighted by molar-refractivity contribution is 0.0731. The number of nitrogen functional groups attached to an aromatic ring is 1. The van der Waals surface area contributed by atoms with E-state index in [0.717, 1.165) is 5.56 Å². The summed E-state index contributed by atoms with van der Waals surface area (Å²) in [5.41, 5.74) is 7.57. The van der Waals surface area contributed by atoms with E-state index in [0.29, 0.717) is 17.0 Å². The molecule has 0 atom stereocenters. The van der Waals surface area contributed by atoms with Crippen molar-refractivity contribution < 1.29 is 30.0 Å². The molecule has 0 saturated heterocycles. The molecule has 4 aromatic carbocycles. The van der Waals surface area contributed by atoms with Crippen LogP contribution >= 0.6 is 0 Å². The first-order valence-corrected chi connectivity index (χ1v) is 10.2. The highest BCUT2D eigenvalue weighted by atomic mass is 16.5. The van der Waals surface area contributed by atoms with Crippen LogP contribution in [-0.2, 0) is 0 Å². The van der Waals surface area contributed by atoms with Crippen LogP contribution in [0, 0.1) is 0 Å². The molecular formula is C27H23NO6. The summed E-state index contributed by atoms with van der Waals surface area (Å²) in [6.45, 7) is 0. The maximum absolute atomic E-state index is 11.7. The number of phenols is 4. The van der Waals surface area contributed by atoms with E-state index in [4.69, 9.17) is 15.6 Å². The number of esters is 1. The van der Waals surface area contributed by atoms with Crippen molar-refractivity contribution in [3.05, 3.63) is 108 Å². The third-order valence-electron chi connectivity index (χ3n) is 4.48. The second-order valence-corrected chi connectivity index (χ2v) is 7.19. The fourth-order valence-electron chi connectivity index (χ4n) is 2.86. The first-order chi connectivity index (χ1) is 16.3. The van der Waals surface area contributed by atoms with Crippen molar-refractivity contribution in [2.24, 2.45) is 0 Å². The predicted octanol–water partition coefficient (Wildman–Crippen LogP) is 5.17. The third-order valence-corrected chi connectivity index (χ3v) is 4.48.